The zero-order chi connectivity index (χ0) is 22.6. The van der Waals surface area contributed by atoms with Gasteiger partial charge >= 0.3 is 0 Å². The number of anilines is 1. The topological polar surface area (TPSA) is 71.1 Å². The predicted octanol–water partition coefficient (Wildman–Crippen LogP) is 3.47. The molecule has 1 atom stereocenters. The molecule has 2 amide bonds. The van der Waals surface area contributed by atoms with Crippen molar-refractivity contribution >= 4 is 17.5 Å². The van der Waals surface area contributed by atoms with Crippen molar-refractivity contribution in [3.05, 3.63) is 54.1 Å². The molecular weight excluding hydrogens is 418 g/mol. The standard InChI is InChI=1S/C26H31N3O4/c30-25(18-28-13-10-19(11-14-28)26(31)27-21-5-2-1-3-6-21)29-12-4-7-22(29)20-8-9-23-24(17-20)33-16-15-32-23/h1-3,5-6,8-9,17,19,22H,4,7,10-16,18H2,(H,27,31). The molecule has 0 aliphatic carbocycles. The van der Waals surface area contributed by atoms with Crippen LogP contribution in [0.25, 0.3) is 0 Å². The first-order valence-corrected chi connectivity index (χ1v) is 11.9. The summed E-state index contributed by atoms with van der Waals surface area (Å²) in [7, 11) is 0. The Balaban J connectivity index is 1.14. The lowest BCUT2D eigenvalue weighted by Gasteiger charge is -2.33. The molecule has 33 heavy (non-hydrogen) atoms. The molecule has 5 rings (SSSR count). The van der Waals surface area contributed by atoms with Gasteiger partial charge in [-0.25, -0.2) is 0 Å². The maximum absolute atomic E-state index is 13.2. The van der Waals surface area contributed by atoms with Gasteiger partial charge < -0.3 is 19.7 Å². The normalized spacial score (nSPS) is 21.1. The summed E-state index contributed by atoms with van der Waals surface area (Å²) in [5.41, 5.74) is 1.95. The van der Waals surface area contributed by atoms with E-state index in [2.05, 4.69) is 16.3 Å². The molecular formula is C26H31N3O4. The Labute approximate surface area is 194 Å². The molecule has 7 heteroatoms. The molecule has 0 saturated carbocycles. The van der Waals surface area contributed by atoms with Gasteiger partial charge in [0.25, 0.3) is 0 Å². The highest BCUT2D eigenvalue weighted by Gasteiger charge is 2.33. The third-order valence-corrected chi connectivity index (χ3v) is 6.88. The average molecular weight is 450 g/mol. The van der Waals surface area contributed by atoms with Gasteiger partial charge in [0.05, 0.1) is 12.6 Å². The van der Waals surface area contributed by atoms with Crippen LogP contribution in [0.2, 0.25) is 0 Å². The fourth-order valence-electron chi connectivity index (χ4n) is 5.08. The minimum Gasteiger partial charge on any atom is -0.486 e. The molecule has 2 aromatic rings. The van der Waals surface area contributed by atoms with Crippen LogP contribution in [0.5, 0.6) is 11.5 Å². The lowest BCUT2D eigenvalue weighted by molar-refractivity contribution is -0.133. The molecule has 0 aromatic heterocycles. The number of para-hydroxylation sites is 1. The molecule has 3 aliphatic rings. The van der Waals surface area contributed by atoms with E-state index in [0.29, 0.717) is 19.8 Å². The number of rotatable bonds is 5. The van der Waals surface area contributed by atoms with Crippen molar-refractivity contribution in [2.24, 2.45) is 5.92 Å². The second-order valence-electron chi connectivity index (χ2n) is 9.05. The van der Waals surface area contributed by atoms with Crippen molar-refractivity contribution in [2.75, 3.05) is 44.7 Å². The van der Waals surface area contributed by atoms with Gasteiger partial charge in [-0.15, -0.1) is 0 Å². The number of likely N-dealkylation sites (tertiary alicyclic amines) is 2. The molecule has 3 heterocycles. The van der Waals surface area contributed by atoms with Crippen molar-refractivity contribution in [3.8, 4) is 11.5 Å². The van der Waals surface area contributed by atoms with Gasteiger partial charge in [-0.2, -0.15) is 0 Å². The van der Waals surface area contributed by atoms with Gasteiger partial charge in [-0.1, -0.05) is 24.3 Å². The Morgan fingerprint density at radius 1 is 0.909 bits per heavy atom. The van der Waals surface area contributed by atoms with E-state index in [9.17, 15) is 9.59 Å². The first kappa shape index (κ1) is 21.8. The van der Waals surface area contributed by atoms with Crippen molar-refractivity contribution in [1.29, 1.82) is 0 Å². The molecule has 3 aliphatic heterocycles. The van der Waals surface area contributed by atoms with Crippen molar-refractivity contribution in [1.82, 2.24) is 9.80 Å². The lowest BCUT2D eigenvalue weighted by atomic mass is 9.95. The monoisotopic (exact) mass is 449 g/mol. The maximum atomic E-state index is 13.2. The van der Waals surface area contributed by atoms with Crippen LogP contribution >= 0.6 is 0 Å². The summed E-state index contributed by atoms with van der Waals surface area (Å²) in [6.07, 6.45) is 3.52. The Morgan fingerprint density at radius 2 is 1.67 bits per heavy atom. The predicted molar refractivity (Wildman–Crippen MR) is 125 cm³/mol. The second kappa shape index (κ2) is 9.83. The minimum atomic E-state index is -0.00573. The third kappa shape index (κ3) is 4.98. The molecule has 1 unspecified atom stereocenters. The van der Waals surface area contributed by atoms with E-state index >= 15 is 0 Å². The van der Waals surface area contributed by atoms with Crippen LogP contribution in [0.1, 0.15) is 37.3 Å². The van der Waals surface area contributed by atoms with Crippen molar-refractivity contribution in [2.45, 2.75) is 31.7 Å². The van der Waals surface area contributed by atoms with E-state index in [1.807, 2.05) is 47.4 Å². The van der Waals surface area contributed by atoms with Crippen molar-refractivity contribution in [3.63, 3.8) is 0 Å². The highest BCUT2D eigenvalue weighted by Crippen LogP contribution is 2.38. The number of hydrogen-bond acceptors (Lipinski definition) is 5. The molecule has 2 fully saturated rings. The van der Waals surface area contributed by atoms with Crippen LogP contribution in [-0.4, -0.2) is 61.0 Å². The van der Waals surface area contributed by atoms with E-state index in [1.54, 1.807) is 0 Å². The molecule has 2 saturated heterocycles. The fraction of sp³-hybridized carbons (Fsp3) is 0.462. The average Bonchev–Trinajstić information content (AvgIpc) is 3.35. The number of fused-ring (bicyclic) bond motifs is 1. The van der Waals surface area contributed by atoms with E-state index in [4.69, 9.17) is 9.47 Å². The Morgan fingerprint density at radius 3 is 2.45 bits per heavy atom. The number of nitrogens with zero attached hydrogens (tertiary/aromatic N) is 2. The van der Waals surface area contributed by atoms with E-state index in [-0.39, 0.29) is 23.8 Å². The van der Waals surface area contributed by atoms with E-state index < -0.39 is 0 Å². The summed E-state index contributed by atoms with van der Waals surface area (Å²) in [5, 5.41) is 3.01. The molecule has 1 N–H and O–H groups in total. The van der Waals surface area contributed by atoms with Gasteiger partial charge in [0.2, 0.25) is 11.8 Å². The molecule has 0 spiro atoms. The van der Waals surface area contributed by atoms with Crippen LogP contribution in [0.4, 0.5) is 5.69 Å². The Hall–Kier alpha value is -3.06. The molecule has 0 bridgehead atoms. The summed E-state index contributed by atoms with van der Waals surface area (Å²) >= 11 is 0. The van der Waals surface area contributed by atoms with Crippen LogP contribution in [0, 0.1) is 5.92 Å². The number of benzene rings is 2. The summed E-state index contributed by atoms with van der Waals surface area (Å²) < 4.78 is 11.4. The van der Waals surface area contributed by atoms with Gasteiger partial charge in [-0.3, -0.25) is 14.5 Å². The first-order valence-electron chi connectivity index (χ1n) is 11.9. The van der Waals surface area contributed by atoms with Crippen LogP contribution in [0.3, 0.4) is 0 Å². The Bertz CT molecular complexity index is 988. The SMILES string of the molecule is O=C(Nc1ccccc1)C1CCN(CC(=O)N2CCCC2c2ccc3c(c2)OCCO3)CC1. The zero-order valence-electron chi connectivity index (χ0n) is 18.9. The Kier molecular flexibility index (Phi) is 6.48. The summed E-state index contributed by atoms with van der Waals surface area (Å²) in [5.74, 6) is 1.78. The lowest BCUT2D eigenvalue weighted by Crippen LogP contribution is -2.44. The first-order chi connectivity index (χ1) is 16.2. The van der Waals surface area contributed by atoms with Gasteiger partial charge in [0.1, 0.15) is 13.2 Å². The highest BCUT2D eigenvalue weighted by atomic mass is 16.6. The number of amides is 2. The molecule has 2 aromatic carbocycles. The number of hydrogen-bond donors (Lipinski definition) is 1. The number of carbonyl (C=O) groups is 2. The summed E-state index contributed by atoms with van der Waals surface area (Å²) in [4.78, 5) is 30.0. The summed E-state index contributed by atoms with van der Waals surface area (Å²) in [6, 6.07) is 15.7. The molecule has 174 valence electrons. The van der Waals surface area contributed by atoms with Gasteiger partial charge in [0.15, 0.2) is 11.5 Å². The second-order valence-corrected chi connectivity index (χ2v) is 9.05. The number of piperidine rings is 1. The minimum absolute atomic E-state index is 0.00573. The number of ether oxygens (including phenoxy) is 2. The quantitative estimate of drug-likeness (QED) is 0.757. The molecule has 0 radical (unpaired) electrons. The highest BCUT2D eigenvalue weighted by molar-refractivity contribution is 5.92. The third-order valence-electron chi connectivity index (χ3n) is 6.88. The fourth-order valence-corrected chi connectivity index (χ4v) is 5.08. The van der Waals surface area contributed by atoms with E-state index in [1.165, 1.54) is 0 Å². The largest absolute Gasteiger partial charge is 0.486 e. The van der Waals surface area contributed by atoms with Gasteiger partial charge in [-0.05, 0) is 68.6 Å². The van der Waals surface area contributed by atoms with E-state index in [0.717, 1.165) is 68.1 Å². The summed E-state index contributed by atoms with van der Waals surface area (Å²) in [6.45, 7) is 3.86. The number of carbonyl (C=O) groups excluding carboxylic acids is 2. The molecule has 7 nitrogen and oxygen atoms in total. The maximum Gasteiger partial charge on any atom is 0.237 e. The smallest absolute Gasteiger partial charge is 0.237 e. The van der Waals surface area contributed by atoms with Crippen LogP contribution in [-0.2, 0) is 9.59 Å². The van der Waals surface area contributed by atoms with Gasteiger partial charge in [0, 0.05) is 18.2 Å². The van der Waals surface area contributed by atoms with Crippen molar-refractivity contribution < 1.29 is 19.1 Å². The zero-order valence-corrected chi connectivity index (χ0v) is 18.9. The van der Waals surface area contributed by atoms with Crippen LogP contribution in [0.15, 0.2) is 48.5 Å². The number of nitrogens with one attached hydrogen (secondary N) is 1. The van der Waals surface area contributed by atoms with Crippen LogP contribution < -0.4 is 14.8 Å².